The molecule has 0 atom stereocenters. The van der Waals surface area contributed by atoms with E-state index in [2.05, 4.69) is 13.0 Å². The predicted octanol–water partition coefficient (Wildman–Crippen LogP) is 3.70. The van der Waals surface area contributed by atoms with Gasteiger partial charge in [-0.2, -0.15) is 11.8 Å². The van der Waals surface area contributed by atoms with Crippen molar-refractivity contribution in [3.8, 4) is 5.75 Å². The molecule has 16 heavy (non-hydrogen) atoms. The number of anilines is 1. The van der Waals surface area contributed by atoms with Gasteiger partial charge in [0, 0.05) is 5.75 Å². The summed E-state index contributed by atoms with van der Waals surface area (Å²) in [6.45, 7) is 2.23. The third kappa shape index (κ3) is 4.35. The van der Waals surface area contributed by atoms with E-state index >= 15 is 0 Å². The van der Waals surface area contributed by atoms with Crippen LogP contribution in [0.3, 0.4) is 0 Å². The normalized spacial score (nSPS) is 10.4. The van der Waals surface area contributed by atoms with Crippen LogP contribution in [0.2, 0.25) is 0 Å². The molecule has 3 heteroatoms. The monoisotopic (exact) mass is 239 g/mol. The van der Waals surface area contributed by atoms with Gasteiger partial charge < -0.3 is 10.5 Å². The van der Waals surface area contributed by atoms with E-state index in [-0.39, 0.29) is 0 Å². The highest BCUT2D eigenvalue weighted by Crippen LogP contribution is 2.24. The third-order valence-corrected chi connectivity index (χ3v) is 3.57. The fraction of sp³-hybridized carbons (Fsp3) is 0.538. The third-order valence-electron chi connectivity index (χ3n) is 2.46. The number of benzene rings is 1. The van der Waals surface area contributed by atoms with Gasteiger partial charge in [0.1, 0.15) is 5.75 Å². The minimum atomic E-state index is 0.731. The van der Waals surface area contributed by atoms with Crippen molar-refractivity contribution >= 4 is 17.4 Å². The van der Waals surface area contributed by atoms with E-state index in [4.69, 9.17) is 10.5 Å². The lowest BCUT2D eigenvalue weighted by Crippen LogP contribution is -1.93. The summed E-state index contributed by atoms with van der Waals surface area (Å²) in [5, 5.41) is 0. The van der Waals surface area contributed by atoms with Crippen LogP contribution >= 0.6 is 11.8 Å². The molecule has 0 radical (unpaired) electrons. The number of nitrogen functional groups attached to an aromatic ring is 1. The zero-order chi connectivity index (χ0) is 11.8. The Morgan fingerprint density at radius 1 is 1.31 bits per heavy atom. The summed E-state index contributed by atoms with van der Waals surface area (Å²) in [5.41, 5.74) is 7.86. The fourth-order valence-electron chi connectivity index (χ4n) is 1.52. The van der Waals surface area contributed by atoms with Crippen LogP contribution in [0.4, 0.5) is 5.69 Å². The molecule has 90 valence electrons. The zero-order valence-corrected chi connectivity index (χ0v) is 11.0. The smallest absolute Gasteiger partial charge is 0.141 e. The molecule has 0 aliphatic heterocycles. The quantitative estimate of drug-likeness (QED) is 0.582. The molecule has 1 aromatic carbocycles. The van der Waals surface area contributed by atoms with Gasteiger partial charge in [-0.1, -0.05) is 25.8 Å². The molecule has 2 nitrogen and oxygen atoms in total. The number of rotatable bonds is 7. The highest BCUT2D eigenvalue weighted by molar-refractivity contribution is 7.98. The lowest BCUT2D eigenvalue weighted by molar-refractivity contribution is 0.417. The first kappa shape index (κ1) is 13.2. The Balaban J connectivity index is 2.34. The first-order chi connectivity index (χ1) is 7.77. The molecular weight excluding hydrogens is 218 g/mol. The van der Waals surface area contributed by atoms with Gasteiger partial charge in [-0.15, -0.1) is 0 Å². The molecule has 0 aliphatic rings. The summed E-state index contributed by atoms with van der Waals surface area (Å²) < 4.78 is 5.13. The van der Waals surface area contributed by atoms with E-state index in [1.807, 2.05) is 23.9 Å². The number of ether oxygens (including phenoxy) is 1. The zero-order valence-electron chi connectivity index (χ0n) is 10.2. The Labute approximate surface area is 103 Å². The average molecular weight is 239 g/mol. The predicted molar refractivity (Wildman–Crippen MR) is 73.1 cm³/mol. The summed E-state index contributed by atoms with van der Waals surface area (Å²) in [5.74, 6) is 3.04. The molecule has 2 N–H and O–H groups in total. The summed E-state index contributed by atoms with van der Waals surface area (Å²) in [6.07, 6.45) is 3.93. The molecule has 0 bridgehead atoms. The van der Waals surface area contributed by atoms with Crippen molar-refractivity contribution in [1.82, 2.24) is 0 Å². The maximum atomic E-state index is 5.85. The van der Waals surface area contributed by atoms with E-state index in [0.29, 0.717) is 0 Å². The number of hydrogen-bond donors (Lipinski definition) is 1. The molecule has 1 aromatic rings. The van der Waals surface area contributed by atoms with E-state index < -0.39 is 0 Å². The molecule has 0 saturated carbocycles. The average Bonchev–Trinajstić information content (AvgIpc) is 2.29. The van der Waals surface area contributed by atoms with Crippen LogP contribution in [0.5, 0.6) is 5.75 Å². The van der Waals surface area contributed by atoms with E-state index in [1.165, 1.54) is 30.6 Å². The lowest BCUT2D eigenvalue weighted by atomic mass is 10.2. The van der Waals surface area contributed by atoms with Crippen molar-refractivity contribution in [2.24, 2.45) is 0 Å². The maximum absolute atomic E-state index is 5.85. The minimum Gasteiger partial charge on any atom is -0.495 e. The standard InChI is InChI=1S/C13H21NOS/c1-3-4-5-8-16-10-11-6-7-13(15-2)12(14)9-11/h6-7,9H,3-5,8,10,14H2,1-2H3. The van der Waals surface area contributed by atoms with Gasteiger partial charge in [0.15, 0.2) is 0 Å². The van der Waals surface area contributed by atoms with Crippen molar-refractivity contribution in [3.63, 3.8) is 0 Å². The Morgan fingerprint density at radius 2 is 2.12 bits per heavy atom. The molecule has 0 unspecified atom stereocenters. The van der Waals surface area contributed by atoms with E-state index in [9.17, 15) is 0 Å². The maximum Gasteiger partial charge on any atom is 0.141 e. The van der Waals surface area contributed by atoms with Crippen molar-refractivity contribution in [1.29, 1.82) is 0 Å². The van der Waals surface area contributed by atoms with Gasteiger partial charge in [0.2, 0.25) is 0 Å². The van der Waals surface area contributed by atoms with Crippen molar-refractivity contribution < 1.29 is 4.74 Å². The lowest BCUT2D eigenvalue weighted by Gasteiger charge is -2.07. The number of hydrogen-bond acceptors (Lipinski definition) is 3. The van der Waals surface area contributed by atoms with Gasteiger partial charge in [-0.25, -0.2) is 0 Å². The molecular formula is C13H21NOS. The van der Waals surface area contributed by atoms with Gasteiger partial charge in [0.05, 0.1) is 12.8 Å². The highest BCUT2D eigenvalue weighted by atomic mass is 32.2. The number of nitrogens with two attached hydrogens (primary N) is 1. The molecule has 0 amide bonds. The molecule has 0 aliphatic carbocycles. The number of thioether (sulfide) groups is 1. The van der Waals surface area contributed by atoms with Gasteiger partial charge in [-0.05, 0) is 29.9 Å². The van der Waals surface area contributed by atoms with Crippen molar-refractivity contribution in [2.45, 2.75) is 31.9 Å². The molecule has 0 fully saturated rings. The number of unbranched alkanes of at least 4 members (excludes halogenated alkanes) is 2. The summed E-state index contributed by atoms with van der Waals surface area (Å²) in [6, 6.07) is 6.03. The van der Waals surface area contributed by atoms with Crippen molar-refractivity contribution in [2.75, 3.05) is 18.6 Å². The van der Waals surface area contributed by atoms with Crippen LogP contribution in [0, 0.1) is 0 Å². The van der Waals surface area contributed by atoms with Crippen LogP contribution in [-0.4, -0.2) is 12.9 Å². The molecule has 0 spiro atoms. The Hall–Kier alpha value is -0.830. The Morgan fingerprint density at radius 3 is 2.75 bits per heavy atom. The fourth-order valence-corrected chi connectivity index (χ4v) is 2.49. The number of methoxy groups -OCH3 is 1. The van der Waals surface area contributed by atoms with Crippen LogP contribution < -0.4 is 10.5 Å². The van der Waals surface area contributed by atoms with Crippen LogP contribution in [0.25, 0.3) is 0 Å². The highest BCUT2D eigenvalue weighted by Gasteiger charge is 2.00. The first-order valence-corrected chi connectivity index (χ1v) is 6.93. The second-order valence-corrected chi connectivity index (χ2v) is 4.94. The van der Waals surface area contributed by atoms with E-state index in [1.54, 1.807) is 7.11 Å². The molecule has 1 rings (SSSR count). The minimum absolute atomic E-state index is 0.731. The van der Waals surface area contributed by atoms with Crippen molar-refractivity contribution in [3.05, 3.63) is 23.8 Å². The van der Waals surface area contributed by atoms with Gasteiger partial charge >= 0.3 is 0 Å². The van der Waals surface area contributed by atoms with Crippen LogP contribution in [0.15, 0.2) is 18.2 Å². The second kappa shape index (κ2) is 7.44. The second-order valence-electron chi connectivity index (χ2n) is 3.84. The summed E-state index contributed by atoms with van der Waals surface area (Å²) in [7, 11) is 1.64. The van der Waals surface area contributed by atoms with Gasteiger partial charge in [-0.3, -0.25) is 0 Å². The molecule has 0 saturated heterocycles. The largest absolute Gasteiger partial charge is 0.495 e. The van der Waals surface area contributed by atoms with Gasteiger partial charge in [0.25, 0.3) is 0 Å². The van der Waals surface area contributed by atoms with E-state index in [0.717, 1.165) is 17.2 Å². The SMILES string of the molecule is CCCCCSCc1ccc(OC)c(N)c1. The molecule has 0 heterocycles. The topological polar surface area (TPSA) is 35.2 Å². The Bertz CT molecular complexity index is 315. The van der Waals surface area contributed by atoms with Crippen LogP contribution in [0.1, 0.15) is 31.7 Å². The molecule has 0 aromatic heterocycles. The summed E-state index contributed by atoms with van der Waals surface area (Å²) >= 11 is 1.97. The first-order valence-electron chi connectivity index (χ1n) is 5.78. The summed E-state index contributed by atoms with van der Waals surface area (Å²) in [4.78, 5) is 0. The van der Waals surface area contributed by atoms with Crippen LogP contribution in [-0.2, 0) is 5.75 Å². The Kier molecular flexibility index (Phi) is 6.16.